The fourth-order valence-electron chi connectivity index (χ4n) is 3.32. The van der Waals surface area contributed by atoms with E-state index in [2.05, 4.69) is 37.5 Å². The van der Waals surface area contributed by atoms with Crippen LogP contribution in [0.4, 0.5) is 5.69 Å². The van der Waals surface area contributed by atoms with Gasteiger partial charge in [-0.15, -0.1) is 10.2 Å². The fraction of sp³-hybridized carbons (Fsp3) is 0.250. The van der Waals surface area contributed by atoms with Crippen molar-refractivity contribution in [1.82, 2.24) is 14.8 Å². The number of amides is 1. The van der Waals surface area contributed by atoms with E-state index in [0.29, 0.717) is 20.8 Å². The average Bonchev–Trinajstić information content (AvgIpc) is 3.51. The fourth-order valence-corrected chi connectivity index (χ4v) is 5.79. The van der Waals surface area contributed by atoms with E-state index in [1.807, 2.05) is 13.0 Å². The number of halogens is 3. The topological polar surface area (TPSA) is 120 Å². The molecule has 1 aliphatic rings. The van der Waals surface area contributed by atoms with Crippen LogP contribution in [0, 0.1) is 6.92 Å². The number of primary sulfonamides is 1. The van der Waals surface area contributed by atoms with Gasteiger partial charge < -0.3 is 5.32 Å². The molecule has 1 aromatic heterocycles. The monoisotopic (exact) mass is 589 g/mol. The Morgan fingerprint density at radius 1 is 1.24 bits per heavy atom. The predicted molar refractivity (Wildman–Crippen MR) is 133 cm³/mol. The third-order valence-corrected chi connectivity index (χ3v) is 7.97. The van der Waals surface area contributed by atoms with Crippen LogP contribution in [-0.2, 0) is 14.8 Å². The molecular weight excluding hydrogens is 573 g/mol. The van der Waals surface area contributed by atoms with Crippen molar-refractivity contribution in [3.8, 4) is 5.69 Å². The van der Waals surface area contributed by atoms with Gasteiger partial charge in [0.25, 0.3) is 0 Å². The average molecular weight is 591 g/mol. The Morgan fingerprint density at radius 2 is 1.97 bits per heavy atom. The molecule has 0 spiro atoms. The summed E-state index contributed by atoms with van der Waals surface area (Å²) in [5.41, 5.74) is 3.23. The van der Waals surface area contributed by atoms with Crippen LogP contribution >= 0.6 is 50.9 Å². The Bertz CT molecular complexity index is 1340. The number of benzene rings is 2. The van der Waals surface area contributed by atoms with Crippen molar-refractivity contribution < 1.29 is 13.2 Å². The van der Waals surface area contributed by atoms with E-state index in [1.54, 1.807) is 4.57 Å². The van der Waals surface area contributed by atoms with Crippen LogP contribution in [0.15, 0.2) is 45.1 Å². The van der Waals surface area contributed by atoms with Gasteiger partial charge in [-0.2, -0.15) is 0 Å². The van der Waals surface area contributed by atoms with Crippen LogP contribution in [0.1, 0.15) is 29.9 Å². The molecule has 0 saturated heterocycles. The Morgan fingerprint density at radius 3 is 2.58 bits per heavy atom. The first-order valence-corrected chi connectivity index (χ1v) is 13.8. The second-order valence-electron chi connectivity index (χ2n) is 7.55. The molecule has 33 heavy (non-hydrogen) atoms. The van der Waals surface area contributed by atoms with Gasteiger partial charge in [-0.3, -0.25) is 9.36 Å². The molecule has 3 aromatic rings. The van der Waals surface area contributed by atoms with Crippen molar-refractivity contribution in [3.05, 3.63) is 56.2 Å². The van der Waals surface area contributed by atoms with Gasteiger partial charge in [0.1, 0.15) is 0 Å². The minimum atomic E-state index is -3.89. The first-order chi connectivity index (χ1) is 15.5. The molecule has 174 valence electrons. The normalized spacial score (nSPS) is 13.8. The maximum Gasteiger partial charge on any atom is 0.238 e. The summed E-state index contributed by atoms with van der Waals surface area (Å²) in [5.74, 6) is 0.223. The molecule has 0 aliphatic heterocycles. The minimum Gasteiger partial charge on any atom is -0.324 e. The molecule has 3 N–H and O–H groups in total. The maximum absolute atomic E-state index is 12.5. The van der Waals surface area contributed by atoms with Gasteiger partial charge in [0, 0.05) is 0 Å². The van der Waals surface area contributed by atoms with Crippen molar-refractivity contribution in [1.29, 1.82) is 0 Å². The van der Waals surface area contributed by atoms with Crippen molar-refractivity contribution in [2.75, 3.05) is 11.1 Å². The zero-order chi connectivity index (χ0) is 23.9. The number of hydrogen-bond donors (Lipinski definition) is 2. The molecule has 4 rings (SSSR count). The number of nitrogens with zero attached hydrogens (tertiary/aromatic N) is 3. The molecule has 8 nitrogen and oxygen atoms in total. The van der Waals surface area contributed by atoms with Gasteiger partial charge >= 0.3 is 0 Å². The molecule has 0 bridgehead atoms. The van der Waals surface area contributed by atoms with Crippen LogP contribution in [0.2, 0.25) is 10.0 Å². The molecule has 0 unspecified atom stereocenters. The molecule has 1 amide bonds. The smallest absolute Gasteiger partial charge is 0.238 e. The maximum atomic E-state index is 12.5. The Kier molecular flexibility index (Phi) is 7.09. The van der Waals surface area contributed by atoms with Crippen LogP contribution in [0.5, 0.6) is 0 Å². The van der Waals surface area contributed by atoms with Crippen molar-refractivity contribution in [2.45, 2.75) is 35.7 Å². The molecule has 0 radical (unpaired) electrons. The third kappa shape index (κ3) is 5.55. The summed E-state index contributed by atoms with van der Waals surface area (Å²) >= 11 is 17.3. The van der Waals surface area contributed by atoms with Crippen LogP contribution < -0.4 is 10.5 Å². The van der Waals surface area contributed by atoms with Gasteiger partial charge in [0.05, 0.1) is 32.1 Å². The summed E-state index contributed by atoms with van der Waals surface area (Å²) in [6.45, 7) is 1.98. The summed E-state index contributed by atoms with van der Waals surface area (Å²) in [7, 11) is -3.89. The van der Waals surface area contributed by atoms with E-state index in [9.17, 15) is 13.2 Å². The molecule has 13 heteroatoms. The summed E-state index contributed by atoms with van der Waals surface area (Å²) in [5, 5.41) is 17.1. The summed E-state index contributed by atoms with van der Waals surface area (Å²) in [4.78, 5) is 12.4. The summed E-state index contributed by atoms with van der Waals surface area (Å²) in [6.07, 6.45) is 2.35. The Hall–Kier alpha value is -1.63. The number of hydrogen-bond acceptors (Lipinski definition) is 6. The number of carbonyl (C=O) groups excluding carboxylic acids is 1. The van der Waals surface area contributed by atoms with Gasteiger partial charge in [0.15, 0.2) is 5.16 Å². The SMILES string of the molecule is Cc1cc(C2CC2)cc(Cl)c1-n1c(Br)nnc1SCC(=O)Nc1ccc(S(N)(=O)=O)cc1Cl. The Balaban J connectivity index is 1.50. The number of carbonyl (C=O) groups is 1. The number of sulfonamides is 1. The predicted octanol–water partition coefficient (Wildman–Crippen LogP) is 4.90. The number of anilines is 1. The lowest BCUT2D eigenvalue weighted by molar-refractivity contribution is -0.113. The van der Waals surface area contributed by atoms with E-state index in [0.717, 1.165) is 11.3 Å². The zero-order valence-electron chi connectivity index (χ0n) is 17.2. The lowest BCUT2D eigenvalue weighted by Gasteiger charge is -2.14. The molecular formula is C20H18BrCl2N5O3S2. The lowest BCUT2D eigenvalue weighted by atomic mass is 10.1. The quantitative estimate of drug-likeness (QED) is 0.378. The standard InChI is InChI=1S/C20H18BrCl2N5O3S2/c1-10-6-12(11-2-3-11)7-15(23)18(10)28-19(21)26-27-20(28)32-9-17(29)25-16-5-4-13(8-14(16)22)33(24,30)31/h4-8,11H,2-3,9H2,1H3,(H,25,29)(H2,24,30,31). The van der Waals surface area contributed by atoms with Crippen molar-refractivity contribution >= 4 is 72.5 Å². The lowest BCUT2D eigenvalue weighted by Crippen LogP contribution is -2.16. The zero-order valence-corrected chi connectivity index (χ0v) is 21.9. The molecule has 0 atom stereocenters. The number of nitrogens with one attached hydrogen (secondary N) is 1. The second kappa shape index (κ2) is 9.55. The van der Waals surface area contributed by atoms with Crippen molar-refractivity contribution in [3.63, 3.8) is 0 Å². The number of thioether (sulfide) groups is 1. The minimum absolute atomic E-state index is 0.00915. The second-order valence-corrected chi connectivity index (χ2v) is 11.6. The summed E-state index contributed by atoms with van der Waals surface area (Å²) < 4.78 is 25.1. The van der Waals surface area contributed by atoms with E-state index in [1.165, 1.54) is 48.4 Å². The highest BCUT2D eigenvalue weighted by Gasteiger charge is 2.26. The van der Waals surface area contributed by atoms with Crippen LogP contribution in [0.3, 0.4) is 0 Å². The molecule has 2 aromatic carbocycles. The number of aryl methyl sites for hydroxylation is 1. The van der Waals surface area contributed by atoms with E-state index in [4.69, 9.17) is 28.3 Å². The number of nitrogens with two attached hydrogens (primary N) is 1. The van der Waals surface area contributed by atoms with Crippen LogP contribution in [-0.4, -0.2) is 34.8 Å². The van der Waals surface area contributed by atoms with Crippen molar-refractivity contribution in [2.24, 2.45) is 5.14 Å². The first kappa shape index (κ1) is 24.5. The highest BCUT2D eigenvalue weighted by atomic mass is 79.9. The number of aromatic nitrogens is 3. The van der Waals surface area contributed by atoms with Crippen LogP contribution in [0.25, 0.3) is 5.69 Å². The van der Waals surface area contributed by atoms with E-state index in [-0.39, 0.29) is 27.3 Å². The molecule has 1 saturated carbocycles. The van der Waals surface area contributed by atoms with Gasteiger partial charge in [-0.05, 0) is 77.0 Å². The third-order valence-electron chi connectivity index (χ3n) is 5.02. The first-order valence-electron chi connectivity index (χ1n) is 9.71. The van der Waals surface area contributed by atoms with Gasteiger partial charge in [-0.1, -0.05) is 41.0 Å². The molecule has 1 fully saturated rings. The van der Waals surface area contributed by atoms with E-state index < -0.39 is 10.0 Å². The highest BCUT2D eigenvalue weighted by Crippen LogP contribution is 2.43. The Labute approximate surface area is 213 Å². The van der Waals surface area contributed by atoms with Gasteiger partial charge in [0.2, 0.25) is 20.7 Å². The highest BCUT2D eigenvalue weighted by molar-refractivity contribution is 9.10. The van der Waals surface area contributed by atoms with E-state index >= 15 is 0 Å². The number of rotatable bonds is 7. The largest absolute Gasteiger partial charge is 0.324 e. The summed E-state index contributed by atoms with van der Waals surface area (Å²) in [6, 6.07) is 7.94. The molecule has 1 aliphatic carbocycles. The van der Waals surface area contributed by atoms with Gasteiger partial charge in [-0.25, -0.2) is 13.6 Å². The molecule has 1 heterocycles.